The molecule has 1 aliphatic heterocycles. The number of anilines is 1. The smallest absolute Gasteiger partial charge is 0.248 e. The van der Waals surface area contributed by atoms with E-state index in [0.29, 0.717) is 18.7 Å². The third kappa shape index (κ3) is 4.04. The minimum atomic E-state index is 0.0743. The summed E-state index contributed by atoms with van der Waals surface area (Å²) in [5.41, 5.74) is 0.585. The summed E-state index contributed by atoms with van der Waals surface area (Å²) in [7, 11) is 0. The minimum absolute atomic E-state index is 0.0743. The first-order valence-corrected chi connectivity index (χ1v) is 8.77. The van der Waals surface area contributed by atoms with Crippen molar-refractivity contribution in [1.82, 2.24) is 9.88 Å². The van der Waals surface area contributed by atoms with Crippen LogP contribution in [0.3, 0.4) is 0 Å². The van der Waals surface area contributed by atoms with E-state index in [2.05, 4.69) is 16.0 Å². The van der Waals surface area contributed by atoms with Crippen LogP contribution in [0.25, 0.3) is 0 Å². The number of ether oxygens (including phenoxy) is 1. The molecule has 0 bridgehead atoms. The summed E-state index contributed by atoms with van der Waals surface area (Å²) >= 11 is 0. The Bertz CT molecular complexity index is 607. The molecule has 0 aromatic carbocycles. The number of hydrogen-bond donors (Lipinski definition) is 0. The van der Waals surface area contributed by atoms with Crippen molar-refractivity contribution in [2.45, 2.75) is 38.2 Å². The molecule has 1 amide bonds. The molecule has 24 heavy (non-hydrogen) atoms. The van der Waals surface area contributed by atoms with Crippen LogP contribution >= 0.6 is 0 Å². The molecule has 0 spiro atoms. The molecule has 6 nitrogen and oxygen atoms in total. The zero-order valence-corrected chi connectivity index (χ0v) is 14.0. The highest BCUT2D eigenvalue weighted by Gasteiger charge is 2.23. The molecule has 0 atom stereocenters. The van der Waals surface area contributed by atoms with Gasteiger partial charge in [0.1, 0.15) is 18.5 Å². The molecule has 1 aliphatic carbocycles. The molecule has 1 saturated carbocycles. The summed E-state index contributed by atoms with van der Waals surface area (Å²) in [4.78, 5) is 20.7. The lowest BCUT2D eigenvalue weighted by atomic mass is 10.2. The molecule has 1 saturated heterocycles. The van der Waals surface area contributed by atoms with Crippen molar-refractivity contribution in [3.8, 4) is 6.07 Å². The van der Waals surface area contributed by atoms with Gasteiger partial charge in [0, 0.05) is 32.4 Å². The molecule has 128 valence electrons. The number of carbonyl (C=O) groups is 1. The van der Waals surface area contributed by atoms with Crippen LogP contribution in [0, 0.1) is 11.3 Å². The zero-order chi connectivity index (χ0) is 16.8. The van der Waals surface area contributed by atoms with Crippen LogP contribution in [0.1, 0.15) is 37.7 Å². The number of aromatic nitrogens is 1. The van der Waals surface area contributed by atoms with Crippen LogP contribution in [-0.2, 0) is 9.53 Å². The standard InChI is InChI=1S/C18H24N4O2/c19-13-15-5-3-8-20-18(15)22-10-4-9-21(11-12-22)17(23)14-24-16-6-1-2-7-16/h3,5,8,16H,1-2,4,6-7,9-12,14H2. The molecule has 0 radical (unpaired) electrons. The van der Waals surface area contributed by atoms with Crippen molar-refractivity contribution >= 4 is 11.7 Å². The Kier molecular flexibility index (Phi) is 5.65. The van der Waals surface area contributed by atoms with Crippen molar-refractivity contribution < 1.29 is 9.53 Å². The number of pyridine rings is 1. The monoisotopic (exact) mass is 328 g/mol. The van der Waals surface area contributed by atoms with Gasteiger partial charge in [-0.05, 0) is 31.4 Å². The number of rotatable bonds is 4. The third-order valence-electron chi connectivity index (χ3n) is 4.80. The van der Waals surface area contributed by atoms with Crippen LogP contribution in [0.5, 0.6) is 0 Å². The minimum Gasteiger partial charge on any atom is -0.368 e. The summed E-state index contributed by atoms with van der Waals surface area (Å²) in [6.45, 7) is 3.07. The van der Waals surface area contributed by atoms with Crippen molar-refractivity contribution in [3.63, 3.8) is 0 Å². The molecule has 1 aromatic heterocycles. The maximum Gasteiger partial charge on any atom is 0.248 e. The van der Waals surface area contributed by atoms with E-state index in [0.717, 1.165) is 38.2 Å². The first-order chi connectivity index (χ1) is 11.8. The maximum absolute atomic E-state index is 12.4. The van der Waals surface area contributed by atoms with Crippen LogP contribution in [0.4, 0.5) is 5.82 Å². The predicted octanol–water partition coefficient (Wildman–Crippen LogP) is 1.95. The molecular weight excluding hydrogens is 304 g/mol. The lowest BCUT2D eigenvalue weighted by Crippen LogP contribution is -2.38. The zero-order valence-electron chi connectivity index (χ0n) is 14.0. The average Bonchev–Trinajstić information content (AvgIpc) is 3.02. The number of hydrogen-bond acceptors (Lipinski definition) is 5. The number of carbonyl (C=O) groups excluding carboxylic acids is 1. The van der Waals surface area contributed by atoms with Gasteiger partial charge in [0.2, 0.25) is 5.91 Å². The van der Waals surface area contributed by atoms with Gasteiger partial charge in [0.25, 0.3) is 0 Å². The molecule has 2 aliphatic rings. The Balaban J connectivity index is 1.54. The lowest BCUT2D eigenvalue weighted by Gasteiger charge is -2.23. The van der Waals surface area contributed by atoms with Gasteiger partial charge in [-0.3, -0.25) is 4.79 Å². The van der Waals surface area contributed by atoms with E-state index in [1.807, 2.05) is 4.90 Å². The molecular formula is C18H24N4O2. The molecule has 2 fully saturated rings. The summed E-state index contributed by atoms with van der Waals surface area (Å²) in [6.07, 6.45) is 7.43. The maximum atomic E-state index is 12.4. The van der Waals surface area contributed by atoms with E-state index in [4.69, 9.17) is 4.74 Å². The van der Waals surface area contributed by atoms with E-state index in [-0.39, 0.29) is 18.6 Å². The van der Waals surface area contributed by atoms with Gasteiger partial charge in [0.05, 0.1) is 11.7 Å². The Morgan fingerprint density at radius 2 is 2.08 bits per heavy atom. The van der Waals surface area contributed by atoms with E-state index < -0.39 is 0 Å². The molecule has 0 unspecified atom stereocenters. The Morgan fingerprint density at radius 3 is 2.88 bits per heavy atom. The van der Waals surface area contributed by atoms with E-state index in [9.17, 15) is 10.1 Å². The summed E-state index contributed by atoms with van der Waals surface area (Å²) < 4.78 is 5.75. The van der Waals surface area contributed by atoms with Crippen molar-refractivity contribution in [2.75, 3.05) is 37.7 Å². The molecule has 0 N–H and O–H groups in total. The second kappa shape index (κ2) is 8.11. The van der Waals surface area contributed by atoms with Gasteiger partial charge in [-0.25, -0.2) is 4.98 Å². The van der Waals surface area contributed by atoms with Gasteiger partial charge in [-0.2, -0.15) is 5.26 Å². The number of amides is 1. The normalized spacial score (nSPS) is 19.1. The van der Waals surface area contributed by atoms with E-state index >= 15 is 0 Å². The predicted molar refractivity (Wildman–Crippen MR) is 90.6 cm³/mol. The van der Waals surface area contributed by atoms with Crippen molar-refractivity contribution in [2.24, 2.45) is 0 Å². The second-order valence-corrected chi connectivity index (χ2v) is 6.43. The third-order valence-corrected chi connectivity index (χ3v) is 4.80. The molecule has 2 heterocycles. The van der Waals surface area contributed by atoms with Crippen LogP contribution in [0.15, 0.2) is 18.3 Å². The summed E-state index contributed by atoms with van der Waals surface area (Å²) in [5.74, 6) is 0.793. The Hall–Kier alpha value is -2.13. The highest BCUT2D eigenvalue weighted by Crippen LogP contribution is 2.21. The largest absolute Gasteiger partial charge is 0.368 e. The average molecular weight is 328 g/mol. The molecule has 3 rings (SSSR count). The first-order valence-electron chi connectivity index (χ1n) is 8.77. The molecule has 1 aromatic rings. The van der Waals surface area contributed by atoms with E-state index in [1.54, 1.807) is 18.3 Å². The van der Waals surface area contributed by atoms with Gasteiger partial charge in [0.15, 0.2) is 0 Å². The summed E-state index contributed by atoms with van der Waals surface area (Å²) in [6, 6.07) is 5.75. The van der Waals surface area contributed by atoms with Crippen LogP contribution < -0.4 is 4.90 Å². The van der Waals surface area contributed by atoms with Crippen LogP contribution in [0.2, 0.25) is 0 Å². The Morgan fingerprint density at radius 1 is 1.25 bits per heavy atom. The lowest BCUT2D eigenvalue weighted by molar-refractivity contribution is -0.137. The topological polar surface area (TPSA) is 69.5 Å². The Labute approximate surface area is 143 Å². The fourth-order valence-corrected chi connectivity index (χ4v) is 3.45. The quantitative estimate of drug-likeness (QED) is 0.845. The summed E-state index contributed by atoms with van der Waals surface area (Å²) in [5, 5.41) is 9.24. The van der Waals surface area contributed by atoms with Gasteiger partial charge < -0.3 is 14.5 Å². The van der Waals surface area contributed by atoms with Crippen LogP contribution in [-0.4, -0.2) is 54.7 Å². The first kappa shape index (κ1) is 16.7. The van der Waals surface area contributed by atoms with Gasteiger partial charge in [-0.15, -0.1) is 0 Å². The molecule has 6 heteroatoms. The number of nitriles is 1. The highest BCUT2D eigenvalue weighted by molar-refractivity contribution is 5.77. The van der Waals surface area contributed by atoms with Crippen molar-refractivity contribution in [3.05, 3.63) is 23.9 Å². The van der Waals surface area contributed by atoms with Gasteiger partial charge >= 0.3 is 0 Å². The fourth-order valence-electron chi connectivity index (χ4n) is 3.45. The number of nitrogens with zero attached hydrogens (tertiary/aromatic N) is 4. The second-order valence-electron chi connectivity index (χ2n) is 6.43. The van der Waals surface area contributed by atoms with E-state index in [1.165, 1.54) is 12.8 Å². The SMILES string of the molecule is N#Cc1cccnc1N1CCCN(C(=O)COC2CCCC2)CC1. The fraction of sp³-hybridized carbons (Fsp3) is 0.611. The van der Waals surface area contributed by atoms with Crippen molar-refractivity contribution in [1.29, 1.82) is 5.26 Å². The highest BCUT2D eigenvalue weighted by atomic mass is 16.5. The van der Waals surface area contributed by atoms with Gasteiger partial charge in [-0.1, -0.05) is 12.8 Å².